The van der Waals surface area contributed by atoms with Gasteiger partial charge in [-0.25, -0.2) is 4.98 Å². The third-order valence-corrected chi connectivity index (χ3v) is 6.55. The number of ether oxygens (including phenoxy) is 1. The van der Waals surface area contributed by atoms with Gasteiger partial charge in [0.15, 0.2) is 0 Å². The number of allylic oxidation sites excluding steroid dienone is 1. The standard InChI is InChI=1S/C26H23F3N8O2/c27-26(28,29)19-6-8-33-22(14-19)34-25(38)18-4-2-17(3-5-18)24-35-23(20-15-32-9-12-37(20,24)31)21-16-36(10-1-7-30)11-13-39-21/h2-6,8-9,12,14-15,21H,1,10-11,13,16,31H2/p+1/t21-,37?/m1/s1. The quantitative estimate of drug-likeness (QED) is 0.430. The number of carbonyl (C=O) groups is 1. The minimum atomic E-state index is -4.55. The van der Waals surface area contributed by atoms with Crippen molar-refractivity contribution in [2.75, 3.05) is 31.6 Å². The van der Waals surface area contributed by atoms with Crippen LogP contribution < -0.4 is 11.2 Å². The Balaban J connectivity index is 1.37. The highest BCUT2D eigenvalue weighted by Crippen LogP contribution is 2.34. The predicted octanol–water partition coefficient (Wildman–Crippen LogP) is 3.19. The molecule has 0 spiro atoms. The molecule has 200 valence electrons. The number of alkyl halides is 3. The number of fused-ring (bicyclic) bond motifs is 1. The van der Waals surface area contributed by atoms with Gasteiger partial charge in [-0.3, -0.25) is 14.7 Å². The number of aliphatic imine (C=N–C) groups is 2. The van der Waals surface area contributed by atoms with Crippen LogP contribution in [0.5, 0.6) is 0 Å². The smallest absolute Gasteiger partial charge is 0.369 e. The Kier molecular flexibility index (Phi) is 7.11. The van der Waals surface area contributed by atoms with E-state index >= 15 is 0 Å². The zero-order valence-electron chi connectivity index (χ0n) is 20.6. The summed E-state index contributed by atoms with van der Waals surface area (Å²) in [5.41, 5.74) is 1.23. The number of aromatic nitrogens is 1. The van der Waals surface area contributed by atoms with E-state index in [2.05, 4.69) is 26.3 Å². The fourth-order valence-corrected chi connectivity index (χ4v) is 4.56. The molecule has 0 aliphatic carbocycles. The summed E-state index contributed by atoms with van der Waals surface area (Å²) >= 11 is 0. The van der Waals surface area contributed by atoms with Gasteiger partial charge in [0.05, 0.1) is 36.2 Å². The topological polar surface area (TPSA) is 129 Å². The third-order valence-electron chi connectivity index (χ3n) is 6.55. The molecule has 1 unspecified atom stereocenters. The number of pyridine rings is 1. The molecular weight excluding hydrogens is 513 g/mol. The lowest BCUT2D eigenvalue weighted by Crippen LogP contribution is -2.53. The Morgan fingerprint density at radius 1 is 1.28 bits per heavy atom. The number of hydrogen-bond acceptors (Lipinski definition) is 8. The lowest BCUT2D eigenvalue weighted by Gasteiger charge is -2.32. The molecule has 1 fully saturated rings. The first-order chi connectivity index (χ1) is 18.7. The van der Waals surface area contributed by atoms with Crippen molar-refractivity contribution in [2.45, 2.75) is 18.7 Å². The van der Waals surface area contributed by atoms with Crippen molar-refractivity contribution < 1.29 is 27.3 Å². The summed E-state index contributed by atoms with van der Waals surface area (Å²) < 4.78 is 44.7. The van der Waals surface area contributed by atoms with Crippen molar-refractivity contribution in [1.82, 2.24) is 9.88 Å². The maximum absolute atomic E-state index is 13.0. The highest BCUT2D eigenvalue weighted by atomic mass is 19.4. The van der Waals surface area contributed by atoms with E-state index in [4.69, 9.17) is 20.8 Å². The second kappa shape index (κ2) is 10.5. The van der Waals surface area contributed by atoms with Crippen molar-refractivity contribution in [2.24, 2.45) is 15.8 Å². The molecule has 1 amide bonds. The van der Waals surface area contributed by atoms with Crippen LogP contribution in [0.25, 0.3) is 0 Å². The van der Waals surface area contributed by atoms with Gasteiger partial charge in [-0.05, 0) is 36.4 Å². The summed E-state index contributed by atoms with van der Waals surface area (Å²) in [7, 11) is 0. The molecule has 2 atom stereocenters. The maximum Gasteiger partial charge on any atom is 0.416 e. The number of anilines is 1. The predicted molar refractivity (Wildman–Crippen MR) is 136 cm³/mol. The number of rotatable bonds is 6. The van der Waals surface area contributed by atoms with E-state index in [1.54, 1.807) is 30.7 Å². The summed E-state index contributed by atoms with van der Waals surface area (Å²) in [6, 6.07) is 10.2. The van der Waals surface area contributed by atoms with E-state index in [0.29, 0.717) is 55.5 Å². The number of carbonyl (C=O) groups excluding carboxylic acids is 1. The van der Waals surface area contributed by atoms with Crippen LogP contribution in [0.1, 0.15) is 27.9 Å². The van der Waals surface area contributed by atoms with Crippen molar-refractivity contribution in [3.8, 4) is 6.07 Å². The normalized spacial score (nSPS) is 22.8. The van der Waals surface area contributed by atoms with E-state index in [9.17, 15) is 18.0 Å². The molecule has 1 aromatic heterocycles. The van der Waals surface area contributed by atoms with Crippen LogP contribution in [0.4, 0.5) is 19.0 Å². The number of morpholine rings is 1. The van der Waals surface area contributed by atoms with Crippen molar-refractivity contribution in [3.63, 3.8) is 0 Å². The lowest BCUT2D eigenvalue weighted by molar-refractivity contribution is -0.750. The molecule has 39 heavy (non-hydrogen) atoms. The Bertz CT molecular complexity index is 1440. The van der Waals surface area contributed by atoms with Gasteiger partial charge in [-0.15, -0.1) is 4.59 Å². The van der Waals surface area contributed by atoms with Gasteiger partial charge >= 0.3 is 6.18 Å². The molecule has 3 aliphatic heterocycles. The Hall–Kier alpha value is -4.22. The Morgan fingerprint density at radius 3 is 2.82 bits per heavy atom. The molecule has 0 bridgehead atoms. The van der Waals surface area contributed by atoms with Crippen molar-refractivity contribution >= 4 is 23.8 Å². The molecular formula is C26H24F3N8O2+. The summed E-state index contributed by atoms with van der Waals surface area (Å²) in [5, 5.41) is 11.3. The third kappa shape index (κ3) is 5.36. The first kappa shape index (κ1) is 26.4. The summed E-state index contributed by atoms with van der Waals surface area (Å²) in [6.45, 7) is 2.39. The van der Waals surface area contributed by atoms with E-state index < -0.39 is 17.6 Å². The zero-order valence-corrected chi connectivity index (χ0v) is 20.6. The fraction of sp³-hybridized carbons (Fsp3) is 0.269. The van der Waals surface area contributed by atoms with Crippen LogP contribution in [0.3, 0.4) is 0 Å². The van der Waals surface area contributed by atoms with E-state index in [1.807, 2.05) is 0 Å². The Morgan fingerprint density at radius 2 is 2.08 bits per heavy atom. The van der Waals surface area contributed by atoms with Gasteiger partial charge in [0.25, 0.3) is 11.7 Å². The number of amides is 1. The number of quaternary nitrogens is 1. The van der Waals surface area contributed by atoms with Gasteiger partial charge in [-0.2, -0.15) is 29.3 Å². The van der Waals surface area contributed by atoms with Crippen LogP contribution in [-0.2, 0) is 10.9 Å². The summed E-state index contributed by atoms with van der Waals surface area (Å²) in [6.07, 6.45) is 1.40. The van der Waals surface area contributed by atoms with Gasteiger partial charge in [0.2, 0.25) is 5.70 Å². The molecule has 5 rings (SSSR count). The molecule has 1 saturated heterocycles. The molecule has 3 N–H and O–H groups in total. The maximum atomic E-state index is 13.0. The number of nitrogens with zero attached hydrogens (tertiary/aromatic N) is 6. The van der Waals surface area contributed by atoms with Crippen LogP contribution in [-0.4, -0.2) is 64.8 Å². The fourth-order valence-electron chi connectivity index (χ4n) is 4.56. The minimum Gasteiger partial charge on any atom is -0.369 e. The molecule has 2 aromatic rings. The SMILES string of the molecule is N#CCCN1CCO[C@@H](C2=C3C=NC=C[N+]3(N)C(c3ccc(C(=O)Nc4cc(C(F)(F)F)ccn4)cc3)=N2)C1. The number of halogens is 3. The van der Waals surface area contributed by atoms with Gasteiger partial charge in [0.1, 0.15) is 23.8 Å². The van der Waals surface area contributed by atoms with Crippen LogP contribution in [0, 0.1) is 11.3 Å². The molecule has 0 saturated carbocycles. The number of benzene rings is 1. The number of nitrogens with two attached hydrogens (primary N) is 1. The molecule has 4 heterocycles. The Labute approximate surface area is 221 Å². The van der Waals surface area contributed by atoms with Crippen molar-refractivity contribution in [3.05, 3.63) is 83.1 Å². The zero-order chi connectivity index (χ0) is 27.6. The molecule has 1 aromatic carbocycles. The summed E-state index contributed by atoms with van der Waals surface area (Å²) in [5.74, 6) is 6.45. The average Bonchev–Trinajstić information content (AvgIpc) is 3.25. The highest BCUT2D eigenvalue weighted by Gasteiger charge is 2.46. The van der Waals surface area contributed by atoms with Crippen LogP contribution in [0.2, 0.25) is 0 Å². The lowest BCUT2D eigenvalue weighted by atomic mass is 10.1. The monoisotopic (exact) mass is 537 g/mol. The van der Waals surface area contributed by atoms with Crippen LogP contribution in [0.15, 0.2) is 76.4 Å². The van der Waals surface area contributed by atoms with Crippen molar-refractivity contribution in [1.29, 1.82) is 5.26 Å². The van der Waals surface area contributed by atoms with E-state index in [-0.39, 0.29) is 22.1 Å². The number of hydrogen-bond donors (Lipinski definition) is 2. The van der Waals surface area contributed by atoms with Gasteiger partial charge < -0.3 is 10.1 Å². The summed E-state index contributed by atoms with van der Waals surface area (Å²) in [4.78, 5) is 27.7. The largest absolute Gasteiger partial charge is 0.416 e. The average molecular weight is 538 g/mol. The number of nitrogens with one attached hydrogen (secondary N) is 1. The first-order valence-corrected chi connectivity index (χ1v) is 12.1. The van der Waals surface area contributed by atoms with E-state index in [0.717, 1.165) is 18.3 Å². The van der Waals surface area contributed by atoms with Crippen LogP contribution >= 0.6 is 0 Å². The van der Waals surface area contributed by atoms with E-state index in [1.165, 1.54) is 12.1 Å². The van der Waals surface area contributed by atoms with Gasteiger partial charge in [0, 0.05) is 37.8 Å². The highest BCUT2D eigenvalue weighted by molar-refractivity contribution is 6.05. The van der Waals surface area contributed by atoms with Gasteiger partial charge in [-0.1, -0.05) is 0 Å². The second-order valence-corrected chi connectivity index (χ2v) is 9.09. The number of nitriles is 1. The molecule has 13 heteroatoms. The molecule has 10 nitrogen and oxygen atoms in total. The minimum absolute atomic E-state index is 0.210. The molecule has 3 aliphatic rings. The first-order valence-electron chi connectivity index (χ1n) is 12.1. The molecule has 0 radical (unpaired) electrons. The second-order valence-electron chi connectivity index (χ2n) is 9.09. The number of amidine groups is 1.